The molecule has 0 aliphatic heterocycles. The molecule has 21 heavy (non-hydrogen) atoms. The molecule has 0 aromatic heterocycles. The predicted molar refractivity (Wildman–Crippen MR) is 69.8 cm³/mol. The molecule has 0 unspecified atom stereocenters. The minimum Gasteiger partial charge on any atom is -0.490 e. The molecule has 3 nitrogen and oxygen atoms in total. The van der Waals surface area contributed by atoms with Gasteiger partial charge in [-0.05, 0) is 49.9 Å². The van der Waals surface area contributed by atoms with Crippen LogP contribution in [0.3, 0.4) is 0 Å². The van der Waals surface area contributed by atoms with E-state index in [9.17, 15) is 18.0 Å². The molecule has 0 heterocycles. The molecule has 0 bridgehead atoms. The SMILES string of the molecule is COC(=O)[C@H]1CC[C@H](Oc2ccc(C(F)(F)F)cc2)CC1. The van der Waals surface area contributed by atoms with Gasteiger partial charge < -0.3 is 9.47 Å². The van der Waals surface area contributed by atoms with E-state index in [0.29, 0.717) is 31.4 Å². The van der Waals surface area contributed by atoms with Crippen molar-refractivity contribution in [2.45, 2.75) is 38.0 Å². The van der Waals surface area contributed by atoms with Crippen molar-refractivity contribution in [1.82, 2.24) is 0 Å². The molecule has 1 aliphatic rings. The minimum atomic E-state index is -4.34. The lowest BCUT2D eigenvalue weighted by molar-refractivity contribution is -0.147. The molecular weight excluding hydrogens is 285 g/mol. The van der Waals surface area contributed by atoms with Crippen LogP contribution >= 0.6 is 0 Å². The van der Waals surface area contributed by atoms with Crippen LogP contribution in [-0.2, 0) is 15.7 Å². The summed E-state index contributed by atoms with van der Waals surface area (Å²) in [5.74, 6) is 0.120. The summed E-state index contributed by atoms with van der Waals surface area (Å²) < 4.78 is 47.7. The van der Waals surface area contributed by atoms with E-state index < -0.39 is 11.7 Å². The van der Waals surface area contributed by atoms with Gasteiger partial charge in [-0.3, -0.25) is 4.79 Å². The number of carbonyl (C=O) groups is 1. The topological polar surface area (TPSA) is 35.5 Å². The molecule has 1 fully saturated rings. The minimum absolute atomic E-state index is 0.0670. The summed E-state index contributed by atoms with van der Waals surface area (Å²) in [6.45, 7) is 0. The Morgan fingerprint density at radius 2 is 1.67 bits per heavy atom. The standard InChI is InChI=1S/C15H17F3O3/c1-20-14(19)10-2-6-12(7-3-10)21-13-8-4-11(5-9-13)15(16,17)18/h4-5,8-10,12H,2-3,6-7H2,1H3/t10-,12-. The van der Waals surface area contributed by atoms with Crippen molar-refractivity contribution in [3.05, 3.63) is 29.8 Å². The Hall–Kier alpha value is -1.72. The number of esters is 1. The number of carbonyl (C=O) groups excluding carboxylic acids is 1. The van der Waals surface area contributed by atoms with Crippen LogP contribution in [0, 0.1) is 5.92 Å². The van der Waals surface area contributed by atoms with E-state index in [-0.39, 0.29) is 18.0 Å². The molecule has 1 saturated carbocycles. The summed E-state index contributed by atoms with van der Waals surface area (Å²) in [6, 6.07) is 4.68. The van der Waals surface area contributed by atoms with Crippen LogP contribution in [0.1, 0.15) is 31.2 Å². The summed E-state index contributed by atoms with van der Waals surface area (Å²) in [4.78, 5) is 11.4. The third kappa shape index (κ3) is 4.12. The Morgan fingerprint density at radius 1 is 1.10 bits per heavy atom. The lowest BCUT2D eigenvalue weighted by Crippen LogP contribution is -2.28. The fourth-order valence-corrected chi connectivity index (χ4v) is 2.50. The van der Waals surface area contributed by atoms with Gasteiger partial charge in [0.15, 0.2) is 0 Å². The van der Waals surface area contributed by atoms with E-state index in [0.717, 1.165) is 12.1 Å². The van der Waals surface area contributed by atoms with Crippen molar-refractivity contribution in [1.29, 1.82) is 0 Å². The highest BCUT2D eigenvalue weighted by atomic mass is 19.4. The number of hydrogen-bond donors (Lipinski definition) is 0. The van der Waals surface area contributed by atoms with Gasteiger partial charge in [0.1, 0.15) is 5.75 Å². The first-order valence-corrected chi connectivity index (χ1v) is 6.82. The Balaban J connectivity index is 1.88. The van der Waals surface area contributed by atoms with Gasteiger partial charge in [0.05, 0.1) is 24.7 Å². The monoisotopic (exact) mass is 302 g/mol. The van der Waals surface area contributed by atoms with Crippen molar-refractivity contribution in [2.24, 2.45) is 5.92 Å². The van der Waals surface area contributed by atoms with Gasteiger partial charge in [-0.2, -0.15) is 13.2 Å². The van der Waals surface area contributed by atoms with Gasteiger partial charge in [0, 0.05) is 0 Å². The summed E-state index contributed by atoms with van der Waals surface area (Å²) >= 11 is 0. The molecule has 6 heteroatoms. The fourth-order valence-electron chi connectivity index (χ4n) is 2.50. The quantitative estimate of drug-likeness (QED) is 0.796. The molecule has 116 valence electrons. The lowest BCUT2D eigenvalue weighted by atomic mass is 9.87. The molecule has 1 aliphatic carbocycles. The van der Waals surface area contributed by atoms with Crippen LogP contribution in [0.15, 0.2) is 24.3 Å². The first kappa shape index (κ1) is 15.7. The smallest absolute Gasteiger partial charge is 0.416 e. The van der Waals surface area contributed by atoms with Crippen LogP contribution in [0.5, 0.6) is 5.75 Å². The third-order valence-corrected chi connectivity index (χ3v) is 3.69. The number of rotatable bonds is 3. The summed E-state index contributed by atoms with van der Waals surface area (Å²) in [6.07, 6.45) is -1.66. The number of ether oxygens (including phenoxy) is 2. The first-order valence-electron chi connectivity index (χ1n) is 6.82. The van der Waals surface area contributed by atoms with Crippen LogP contribution in [0.4, 0.5) is 13.2 Å². The van der Waals surface area contributed by atoms with Gasteiger partial charge in [-0.1, -0.05) is 0 Å². The number of hydrogen-bond acceptors (Lipinski definition) is 3. The highest BCUT2D eigenvalue weighted by Crippen LogP contribution is 2.32. The molecule has 0 radical (unpaired) electrons. The molecule has 0 spiro atoms. The van der Waals surface area contributed by atoms with E-state index in [4.69, 9.17) is 9.47 Å². The van der Waals surface area contributed by atoms with Crippen molar-refractivity contribution in [3.63, 3.8) is 0 Å². The molecule has 1 aromatic rings. The maximum Gasteiger partial charge on any atom is 0.416 e. The van der Waals surface area contributed by atoms with Crippen molar-refractivity contribution >= 4 is 5.97 Å². The largest absolute Gasteiger partial charge is 0.490 e. The van der Waals surface area contributed by atoms with E-state index in [1.165, 1.54) is 19.2 Å². The van der Waals surface area contributed by atoms with Crippen LogP contribution in [0.2, 0.25) is 0 Å². The Kier molecular flexibility index (Phi) is 4.75. The van der Waals surface area contributed by atoms with Gasteiger partial charge in [-0.15, -0.1) is 0 Å². The van der Waals surface area contributed by atoms with Gasteiger partial charge in [0.25, 0.3) is 0 Å². The average molecular weight is 302 g/mol. The van der Waals surface area contributed by atoms with Crippen LogP contribution < -0.4 is 4.74 Å². The van der Waals surface area contributed by atoms with E-state index >= 15 is 0 Å². The second-order valence-corrected chi connectivity index (χ2v) is 5.14. The van der Waals surface area contributed by atoms with Crippen LogP contribution in [0.25, 0.3) is 0 Å². The van der Waals surface area contributed by atoms with Crippen LogP contribution in [-0.4, -0.2) is 19.2 Å². The van der Waals surface area contributed by atoms with Crippen molar-refractivity contribution < 1.29 is 27.4 Å². The summed E-state index contributed by atoms with van der Waals surface area (Å²) in [5, 5.41) is 0. The zero-order valence-corrected chi connectivity index (χ0v) is 11.7. The van der Waals surface area contributed by atoms with Gasteiger partial charge in [-0.25, -0.2) is 0 Å². The first-order chi connectivity index (χ1) is 9.90. The highest BCUT2D eigenvalue weighted by Gasteiger charge is 2.31. The van der Waals surface area contributed by atoms with E-state index in [2.05, 4.69) is 0 Å². The highest BCUT2D eigenvalue weighted by molar-refractivity contribution is 5.72. The molecule has 0 amide bonds. The third-order valence-electron chi connectivity index (χ3n) is 3.69. The number of alkyl halides is 3. The number of halogens is 3. The Labute approximate surface area is 121 Å². The molecule has 1 aromatic carbocycles. The second-order valence-electron chi connectivity index (χ2n) is 5.14. The van der Waals surface area contributed by atoms with Crippen molar-refractivity contribution in [2.75, 3.05) is 7.11 Å². The van der Waals surface area contributed by atoms with Crippen molar-refractivity contribution in [3.8, 4) is 5.75 Å². The Bertz CT molecular complexity index is 474. The molecule has 0 atom stereocenters. The fraction of sp³-hybridized carbons (Fsp3) is 0.533. The maximum absolute atomic E-state index is 12.4. The predicted octanol–water partition coefficient (Wildman–Crippen LogP) is 3.82. The molecule has 2 rings (SSSR count). The van der Waals surface area contributed by atoms with E-state index in [1.54, 1.807) is 0 Å². The lowest BCUT2D eigenvalue weighted by Gasteiger charge is -2.27. The van der Waals surface area contributed by atoms with E-state index in [1.807, 2.05) is 0 Å². The maximum atomic E-state index is 12.4. The molecular formula is C15H17F3O3. The van der Waals surface area contributed by atoms with Gasteiger partial charge in [0.2, 0.25) is 0 Å². The zero-order chi connectivity index (χ0) is 15.5. The molecule has 0 N–H and O–H groups in total. The summed E-state index contributed by atoms with van der Waals surface area (Å²) in [5.41, 5.74) is -0.691. The number of methoxy groups -OCH3 is 1. The second kappa shape index (κ2) is 6.37. The average Bonchev–Trinajstić information content (AvgIpc) is 2.47. The Morgan fingerprint density at radius 3 is 2.14 bits per heavy atom. The zero-order valence-electron chi connectivity index (χ0n) is 11.7. The molecule has 0 saturated heterocycles. The number of benzene rings is 1. The van der Waals surface area contributed by atoms with Gasteiger partial charge >= 0.3 is 12.1 Å². The normalized spacial score (nSPS) is 22.7. The summed E-state index contributed by atoms with van der Waals surface area (Å²) in [7, 11) is 1.37.